The molecule has 1 aromatic rings. The molecule has 7 heteroatoms. The fraction of sp³-hybridized carbons (Fsp3) is 0.667. The molecule has 1 aromatic heterocycles. The highest BCUT2D eigenvalue weighted by atomic mass is 16.2. The molecule has 2 amide bonds. The van der Waals surface area contributed by atoms with Crippen molar-refractivity contribution in [1.29, 1.82) is 0 Å². The highest BCUT2D eigenvalue weighted by molar-refractivity contribution is 5.97. The van der Waals surface area contributed by atoms with Gasteiger partial charge in [-0.3, -0.25) is 14.4 Å². The van der Waals surface area contributed by atoms with Crippen LogP contribution in [0.1, 0.15) is 67.6 Å². The summed E-state index contributed by atoms with van der Waals surface area (Å²) in [5.74, 6) is -0.0856. The average molecular weight is 391 g/mol. The Morgan fingerprint density at radius 2 is 1.82 bits per heavy atom. The molecule has 156 valence electrons. The Balaban J connectivity index is 2.25. The van der Waals surface area contributed by atoms with E-state index < -0.39 is 0 Å². The van der Waals surface area contributed by atoms with Crippen molar-refractivity contribution >= 4 is 11.8 Å². The van der Waals surface area contributed by atoms with Crippen LogP contribution < -0.4 is 21.9 Å². The molecule has 0 saturated heterocycles. The highest BCUT2D eigenvalue weighted by Crippen LogP contribution is 2.26. The maximum absolute atomic E-state index is 13.0. The van der Waals surface area contributed by atoms with Crippen LogP contribution in [0.3, 0.4) is 0 Å². The number of hydrogen-bond acceptors (Lipinski definition) is 4. The van der Waals surface area contributed by atoms with Gasteiger partial charge in [0.15, 0.2) is 0 Å². The van der Waals surface area contributed by atoms with Crippen LogP contribution in [0.15, 0.2) is 10.9 Å². The van der Waals surface area contributed by atoms with Gasteiger partial charge >= 0.3 is 0 Å². The number of nitrogens with zero attached hydrogens (tertiary/aromatic N) is 1. The molecule has 1 saturated carbocycles. The molecule has 0 aromatic carbocycles. The standard InChI is InChI=1S/C21H34N4O3/c1-13(2)23-18(26)12-25-15(4)20(14(3)10-19(25)27)21(28)24-17(11-22)16-8-6-5-7-9-16/h10,13,16-17H,5-9,11-12,22H2,1-4H3,(H,23,26)(H,24,28). The summed E-state index contributed by atoms with van der Waals surface area (Å²) in [5.41, 5.74) is 7.23. The molecule has 1 fully saturated rings. The molecule has 1 aliphatic carbocycles. The lowest BCUT2D eigenvalue weighted by atomic mass is 9.83. The zero-order valence-electron chi connectivity index (χ0n) is 17.5. The van der Waals surface area contributed by atoms with Gasteiger partial charge in [-0.15, -0.1) is 0 Å². The quantitative estimate of drug-likeness (QED) is 0.658. The molecule has 1 aliphatic rings. The maximum atomic E-state index is 13.0. The molecule has 1 atom stereocenters. The molecule has 0 spiro atoms. The minimum absolute atomic E-state index is 0.0162. The summed E-state index contributed by atoms with van der Waals surface area (Å²) in [6.45, 7) is 7.47. The van der Waals surface area contributed by atoms with Crippen molar-refractivity contribution in [2.24, 2.45) is 11.7 Å². The molecule has 1 unspecified atom stereocenters. The summed E-state index contributed by atoms with van der Waals surface area (Å²) in [6, 6.07) is 1.33. The van der Waals surface area contributed by atoms with Gasteiger partial charge in [0.2, 0.25) is 5.91 Å². The van der Waals surface area contributed by atoms with Crippen LogP contribution in [0, 0.1) is 19.8 Å². The van der Waals surface area contributed by atoms with E-state index in [4.69, 9.17) is 5.73 Å². The van der Waals surface area contributed by atoms with Gasteiger partial charge in [-0.25, -0.2) is 0 Å². The summed E-state index contributed by atoms with van der Waals surface area (Å²) >= 11 is 0. The van der Waals surface area contributed by atoms with E-state index in [-0.39, 0.29) is 36.0 Å². The van der Waals surface area contributed by atoms with Crippen LogP contribution in [-0.4, -0.2) is 35.0 Å². The third-order valence-corrected chi connectivity index (χ3v) is 5.53. The SMILES string of the molecule is Cc1cc(=O)n(CC(=O)NC(C)C)c(C)c1C(=O)NC(CN)C1CCCCC1. The molecule has 0 bridgehead atoms. The Bertz CT molecular complexity index is 764. The normalized spacial score (nSPS) is 16.1. The number of rotatable bonds is 7. The van der Waals surface area contributed by atoms with E-state index in [1.54, 1.807) is 13.8 Å². The molecule has 0 radical (unpaired) electrons. The molecule has 28 heavy (non-hydrogen) atoms. The van der Waals surface area contributed by atoms with Crippen LogP contribution in [-0.2, 0) is 11.3 Å². The lowest BCUT2D eigenvalue weighted by Crippen LogP contribution is -2.46. The first-order valence-electron chi connectivity index (χ1n) is 10.3. The number of carbonyl (C=O) groups excluding carboxylic acids is 2. The van der Waals surface area contributed by atoms with E-state index in [9.17, 15) is 14.4 Å². The van der Waals surface area contributed by atoms with Crippen LogP contribution in [0.2, 0.25) is 0 Å². The first-order chi connectivity index (χ1) is 13.2. The number of carbonyl (C=O) groups is 2. The molecular formula is C21H34N4O3. The zero-order valence-corrected chi connectivity index (χ0v) is 17.5. The number of aromatic nitrogens is 1. The van der Waals surface area contributed by atoms with E-state index in [1.165, 1.54) is 29.9 Å². The summed E-state index contributed by atoms with van der Waals surface area (Å²) in [4.78, 5) is 37.6. The van der Waals surface area contributed by atoms with Crippen molar-refractivity contribution in [2.75, 3.05) is 6.54 Å². The Kier molecular flexibility index (Phi) is 7.80. The monoisotopic (exact) mass is 390 g/mol. The van der Waals surface area contributed by atoms with Gasteiger partial charge in [0.1, 0.15) is 6.54 Å². The number of aryl methyl sites for hydroxylation is 1. The van der Waals surface area contributed by atoms with Crippen LogP contribution in [0.5, 0.6) is 0 Å². The number of pyridine rings is 1. The van der Waals surface area contributed by atoms with E-state index in [0.29, 0.717) is 29.3 Å². The Morgan fingerprint density at radius 3 is 2.39 bits per heavy atom. The van der Waals surface area contributed by atoms with Gasteiger partial charge in [-0.2, -0.15) is 0 Å². The van der Waals surface area contributed by atoms with E-state index >= 15 is 0 Å². The van der Waals surface area contributed by atoms with Gasteiger partial charge in [0.25, 0.3) is 11.5 Å². The van der Waals surface area contributed by atoms with E-state index in [0.717, 1.165) is 12.8 Å². The predicted molar refractivity (Wildman–Crippen MR) is 110 cm³/mol. The van der Waals surface area contributed by atoms with Gasteiger partial charge in [0.05, 0.1) is 5.56 Å². The average Bonchev–Trinajstić information content (AvgIpc) is 2.63. The second-order valence-corrected chi connectivity index (χ2v) is 8.15. The molecule has 1 heterocycles. The van der Waals surface area contributed by atoms with Crippen molar-refractivity contribution in [3.8, 4) is 0 Å². The minimum atomic E-state index is -0.284. The first kappa shape index (κ1) is 22.1. The second-order valence-electron chi connectivity index (χ2n) is 8.15. The fourth-order valence-electron chi connectivity index (χ4n) is 4.12. The smallest absolute Gasteiger partial charge is 0.253 e. The number of nitrogens with one attached hydrogen (secondary N) is 2. The number of hydrogen-bond donors (Lipinski definition) is 3. The van der Waals surface area contributed by atoms with Gasteiger partial charge in [-0.05, 0) is 52.0 Å². The summed E-state index contributed by atoms with van der Waals surface area (Å²) in [7, 11) is 0. The van der Waals surface area contributed by atoms with Gasteiger partial charge in [0, 0.05) is 30.4 Å². The molecular weight excluding hydrogens is 356 g/mol. The van der Waals surface area contributed by atoms with Crippen molar-refractivity contribution < 1.29 is 9.59 Å². The lowest BCUT2D eigenvalue weighted by Gasteiger charge is -2.30. The summed E-state index contributed by atoms with van der Waals surface area (Å²) < 4.78 is 1.36. The molecule has 0 aliphatic heterocycles. The summed E-state index contributed by atoms with van der Waals surface area (Å²) in [5, 5.41) is 5.86. The third-order valence-electron chi connectivity index (χ3n) is 5.53. The lowest BCUT2D eigenvalue weighted by molar-refractivity contribution is -0.122. The number of amides is 2. The molecule has 7 nitrogen and oxygen atoms in total. The maximum Gasteiger partial charge on any atom is 0.253 e. The Hall–Kier alpha value is -2.15. The minimum Gasteiger partial charge on any atom is -0.352 e. The molecule has 2 rings (SSSR count). The zero-order chi connectivity index (χ0) is 20.8. The number of nitrogens with two attached hydrogens (primary N) is 1. The highest BCUT2D eigenvalue weighted by Gasteiger charge is 2.26. The van der Waals surface area contributed by atoms with Gasteiger partial charge in [-0.1, -0.05) is 19.3 Å². The Morgan fingerprint density at radius 1 is 1.18 bits per heavy atom. The van der Waals surface area contributed by atoms with Crippen molar-refractivity contribution in [3.63, 3.8) is 0 Å². The van der Waals surface area contributed by atoms with Crippen molar-refractivity contribution in [3.05, 3.63) is 33.2 Å². The fourth-order valence-corrected chi connectivity index (χ4v) is 4.12. The summed E-state index contributed by atoms with van der Waals surface area (Å²) in [6.07, 6.45) is 5.74. The Labute approximate surface area is 167 Å². The van der Waals surface area contributed by atoms with Crippen LogP contribution in [0.4, 0.5) is 0 Å². The predicted octanol–water partition coefficient (Wildman–Crippen LogP) is 1.63. The second kappa shape index (κ2) is 9.87. The van der Waals surface area contributed by atoms with Crippen molar-refractivity contribution in [1.82, 2.24) is 15.2 Å². The van der Waals surface area contributed by atoms with E-state index in [1.807, 2.05) is 13.8 Å². The van der Waals surface area contributed by atoms with Crippen LogP contribution >= 0.6 is 0 Å². The topological polar surface area (TPSA) is 106 Å². The first-order valence-corrected chi connectivity index (χ1v) is 10.3. The largest absolute Gasteiger partial charge is 0.352 e. The van der Waals surface area contributed by atoms with Gasteiger partial charge < -0.3 is 20.9 Å². The van der Waals surface area contributed by atoms with Crippen LogP contribution in [0.25, 0.3) is 0 Å². The third kappa shape index (κ3) is 5.44. The van der Waals surface area contributed by atoms with Crippen molar-refractivity contribution in [2.45, 2.75) is 78.4 Å². The molecule has 4 N–H and O–H groups in total. The van der Waals surface area contributed by atoms with E-state index in [2.05, 4.69) is 10.6 Å².